The van der Waals surface area contributed by atoms with Gasteiger partial charge in [-0.3, -0.25) is 4.79 Å². The van der Waals surface area contributed by atoms with Gasteiger partial charge in [0.15, 0.2) is 5.52 Å². The van der Waals surface area contributed by atoms with Crippen molar-refractivity contribution < 1.29 is 4.79 Å². The van der Waals surface area contributed by atoms with E-state index in [-0.39, 0.29) is 0 Å². The van der Waals surface area contributed by atoms with E-state index in [2.05, 4.69) is 27.7 Å². The van der Waals surface area contributed by atoms with Crippen LogP contribution in [0, 0.1) is 11.8 Å². The molecule has 0 spiro atoms. The van der Waals surface area contributed by atoms with Crippen LogP contribution in [0.3, 0.4) is 0 Å². The van der Waals surface area contributed by atoms with E-state index < -0.39 is 0 Å². The van der Waals surface area contributed by atoms with Crippen LogP contribution in [0.4, 0.5) is 0 Å². The molecule has 0 aliphatic carbocycles. The van der Waals surface area contributed by atoms with Gasteiger partial charge in [-0.1, -0.05) is 49.1 Å². The first kappa shape index (κ1) is 14.1. The molecule has 1 atom stereocenters. The van der Waals surface area contributed by atoms with Gasteiger partial charge < -0.3 is 0 Å². The first-order valence-corrected chi connectivity index (χ1v) is 7.07. The number of carbonyl (C=O) groups excluding carboxylic acids is 1. The Bertz CT molecular complexity index is 150. The van der Waals surface area contributed by atoms with E-state index in [0.717, 1.165) is 24.9 Å². The Labute approximate surface area is 90.8 Å². The molecule has 0 aromatic heterocycles. The van der Waals surface area contributed by atoms with Crippen molar-refractivity contribution in [3.63, 3.8) is 0 Å². The zero-order valence-electron chi connectivity index (χ0n) is 10.1. The average molecular weight is 216 g/mol. The lowest BCUT2D eigenvalue weighted by Crippen LogP contribution is -2.02. The molecule has 1 unspecified atom stereocenters. The highest BCUT2D eigenvalue weighted by atomic mass is 31.1. The van der Waals surface area contributed by atoms with Crippen molar-refractivity contribution in [3.8, 4) is 0 Å². The van der Waals surface area contributed by atoms with Gasteiger partial charge in [-0.25, -0.2) is 0 Å². The van der Waals surface area contributed by atoms with Gasteiger partial charge in [-0.15, -0.1) is 0 Å². The minimum atomic E-state index is 0.491. The van der Waals surface area contributed by atoms with Crippen LogP contribution in [0.2, 0.25) is 0 Å². The molecule has 0 aromatic carbocycles. The molecule has 1 nitrogen and oxygen atoms in total. The summed E-state index contributed by atoms with van der Waals surface area (Å²) in [7, 11) is 0.561. The maximum atomic E-state index is 11.5. The summed E-state index contributed by atoms with van der Waals surface area (Å²) in [6.07, 6.45) is 5.44. The molecule has 0 N–H and O–H groups in total. The summed E-state index contributed by atoms with van der Waals surface area (Å²) in [4.78, 5) is 11.5. The third kappa shape index (κ3) is 7.50. The molecule has 0 aromatic rings. The maximum Gasteiger partial charge on any atom is 0.151 e. The van der Waals surface area contributed by atoms with Crippen molar-refractivity contribution in [2.45, 2.75) is 53.4 Å². The van der Waals surface area contributed by atoms with Crippen LogP contribution in [0.1, 0.15) is 53.4 Å². The van der Waals surface area contributed by atoms with E-state index in [1.807, 2.05) is 0 Å². The van der Waals surface area contributed by atoms with E-state index in [9.17, 15) is 4.79 Å². The second-order valence-electron chi connectivity index (χ2n) is 4.42. The van der Waals surface area contributed by atoms with Gasteiger partial charge in [0, 0.05) is 6.42 Å². The highest BCUT2D eigenvalue weighted by Gasteiger charge is 2.08. The second kappa shape index (κ2) is 8.41. The van der Waals surface area contributed by atoms with Gasteiger partial charge >= 0.3 is 0 Å². The maximum absolute atomic E-state index is 11.5. The van der Waals surface area contributed by atoms with Crippen LogP contribution < -0.4 is 0 Å². The molecule has 0 amide bonds. The van der Waals surface area contributed by atoms with Gasteiger partial charge in [0.1, 0.15) is 0 Å². The minimum Gasteiger partial charge on any atom is -0.295 e. The second-order valence-corrected chi connectivity index (χ2v) is 5.74. The van der Waals surface area contributed by atoms with Crippen molar-refractivity contribution in [1.82, 2.24) is 0 Å². The third-order valence-corrected chi connectivity index (χ3v) is 4.12. The van der Waals surface area contributed by atoms with Gasteiger partial charge in [0.2, 0.25) is 0 Å². The van der Waals surface area contributed by atoms with Crippen LogP contribution in [0.25, 0.3) is 0 Å². The van der Waals surface area contributed by atoms with E-state index in [1.165, 1.54) is 12.8 Å². The highest BCUT2D eigenvalue weighted by Crippen LogP contribution is 2.23. The van der Waals surface area contributed by atoms with Crippen LogP contribution in [-0.2, 0) is 4.79 Å². The molecule has 0 saturated heterocycles. The topological polar surface area (TPSA) is 17.1 Å². The van der Waals surface area contributed by atoms with Crippen molar-refractivity contribution in [3.05, 3.63) is 0 Å². The van der Waals surface area contributed by atoms with Crippen LogP contribution >= 0.6 is 8.58 Å². The zero-order chi connectivity index (χ0) is 11.0. The van der Waals surface area contributed by atoms with Crippen molar-refractivity contribution in [2.75, 3.05) is 6.16 Å². The molecule has 0 radical (unpaired) electrons. The summed E-state index contributed by atoms with van der Waals surface area (Å²) in [6, 6.07) is 0. The van der Waals surface area contributed by atoms with Crippen LogP contribution in [0.15, 0.2) is 0 Å². The van der Waals surface area contributed by atoms with Gasteiger partial charge in [-0.2, -0.15) is 0 Å². The lowest BCUT2D eigenvalue weighted by Gasteiger charge is -2.11. The van der Waals surface area contributed by atoms with Crippen molar-refractivity contribution >= 4 is 14.1 Å². The van der Waals surface area contributed by atoms with E-state index >= 15 is 0 Å². The first-order chi connectivity index (χ1) is 6.60. The molecule has 0 heterocycles. The van der Waals surface area contributed by atoms with Gasteiger partial charge in [-0.05, 0) is 24.4 Å². The lowest BCUT2D eigenvalue weighted by molar-refractivity contribution is -0.111. The fraction of sp³-hybridized carbons (Fsp3) is 0.917. The molecule has 0 saturated carbocycles. The number of hydrogen-bond donors (Lipinski definition) is 0. The quantitative estimate of drug-likeness (QED) is 0.559. The average Bonchev–Trinajstić information content (AvgIpc) is 2.16. The smallest absolute Gasteiger partial charge is 0.151 e. The lowest BCUT2D eigenvalue weighted by atomic mass is 10.1. The van der Waals surface area contributed by atoms with Crippen molar-refractivity contribution in [1.29, 1.82) is 0 Å². The molecule has 0 bridgehead atoms. The molecule has 2 heteroatoms. The zero-order valence-corrected chi connectivity index (χ0v) is 11.1. The summed E-state index contributed by atoms with van der Waals surface area (Å²) in [5.41, 5.74) is 0.491. The molecule has 0 rings (SSSR count). The molecule has 0 fully saturated rings. The highest BCUT2D eigenvalue weighted by molar-refractivity contribution is 7.57. The monoisotopic (exact) mass is 216 g/mol. The summed E-state index contributed by atoms with van der Waals surface area (Å²) >= 11 is 0. The summed E-state index contributed by atoms with van der Waals surface area (Å²) in [5, 5.41) is 0. The van der Waals surface area contributed by atoms with E-state index in [4.69, 9.17) is 0 Å². The molecule has 84 valence electrons. The fourth-order valence-corrected chi connectivity index (χ4v) is 2.76. The Morgan fingerprint density at radius 3 is 2.21 bits per heavy atom. The predicted molar refractivity (Wildman–Crippen MR) is 66.3 cm³/mol. The molecule has 0 aliphatic rings. The Morgan fingerprint density at radius 2 is 1.79 bits per heavy atom. The molecule has 14 heavy (non-hydrogen) atoms. The summed E-state index contributed by atoms with van der Waals surface area (Å²) in [6.45, 7) is 8.79. The van der Waals surface area contributed by atoms with E-state index in [0.29, 0.717) is 20.0 Å². The standard InChI is InChI=1S/C12H25OP/c1-5-11(6-2)9-14-12(13)8-7-10(3)4/h10-11,14H,5-9H2,1-4H3. The number of rotatable bonds is 8. The molecule has 0 aliphatic heterocycles. The number of carbonyl (C=O) groups is 1. The van der Waals surface area contributed by atoms with Gasteiger partial charge in [0.05, 0.1) is 0 Å². The Hall–Kier alpha value is 0.100. The Kier molecular flexibility index (Phi) is 8.47. The predicted octanol–water partition coefficient (Wildman–Crippen LogP) is 4.06. The SMILES string of the molecule is CCC(CC)CPC(=O)CCC(C)C. The van der Waals surface area contributed by atoms with Gasteiger partial charge in [0.25, 0.3) is 0 Å². The Morgan fingerprint density at radius 1 is 1.21 bits per heavy atom. The van der Waals surface area contributed by atoms with Crippen LogP contribution in [0.5, 0.6) is 0 Å². The molecular formula is C12H25OP. The normalized spacial score (nSPS) is 12.1. The third-order valence-electron chi connectivity index (χ3n) is 2.69. The molecular weight excluding hydrogens is 191 g/mol. The Balaban J connectivity index is 3.52. The summed E-state index contributed by atoms with van der Waals surface area (Å²) in [5.74, 6) is 1.44. The summed E-state index contributed by atoms with van der Waals surface area (Å²) < 4.78 is 0. The van der Waals surface area contributed by atoms with E-state index in [1.54, 1.807) is 0 Å². The van der Waals surface area contributed by atoms with Crippen molar-refractivity contribution in [2.24, 2.45) is 11.8 Å². The fourth-order valence-electron chi connectivity index (χ4n) is 1.34. The number of hydrogen-bond acceptors (Lipinski definition) is 1. The minimum absolute atomic E-state index is 0.491. The largest absolute Gasteiger partial charge is 0.295 e. The van der Waals surface area contributed by atoms with Crippen LogP contribution in [-0.4, -0.2) is 11.7 Å². The first-order valence-electron chi connectivity index (χ1n) is 5.86.